The Hall–Kier alpha value is -2.38. The number of hydrogen-bond acceptors (Lipinski definition) is 6. The zero-order valence-corrected chi connectivity index (χ0v) is 15.1. The van der Waals surface area contributed by atoms with E-state index in [-0.39, 0.29) is 12.2 Å². The highest BCUT2D eigenvalue weighted by Crippen LogP contribution is 2.22. The average molecular weight is 379 g/mol. The van der Waals surface area contributed by atoms with Crippen molar-refractivity contribution in [2.75, 3.05) is 0 Å². The summed E-state index contributed by atoms with van der Waals surface area (Å²) >= 11 is 7.16. The number of benzene rings is 1. The molecule has 8 heteroatoms. The van der Waals surface area contributed by atoms with Crippen LogP contribution in [0.5, 0.6) is 5.75 Å². The number of fused-ring (bicyclic) bond motifs is 1. The summed E-state index contributed by atoms with van der Waals surface area (Å²) in [4.78, 5) is 29.1. The van der Waals surface area contributed by atoms with Crippen LogP contribution in [0.1, 0.15) is 19.5 Å². The van der Waals surface area contributed by atoms with E-state index in [2.05, 4.69) is 4.98 Å². The number of ether oxygens (including phenoxy) is 2. The first kappa shape index (κ1) is 17.4. The molecule has 0 atom stereocenters. The number of aromatic nitrogens is 2. The summed E-state index contributed by atoms with van der Waals surface area (Å²) in [6.07, 6.45) is 1.65. The molecule has 2 heterocycles. The van der Waals surface area contributed by atoms with Crippen molar-refractivity contribution >= 4 is 33.9 Å². The van der Waals surface area contributed by atoms with Gasteiger partial charge in [0.15, 0.2) is 10.6 Å². The molecule has 0 radical (unpaired) electrons. The quantitative estimate of drug-likeness (QED) is 0.637. The number of carbonyl (C=O) groups is 1. The molecule has 130 valence electrons. The molecule has 6 nitrogen and oxygen atoms in total. The second-order valence-electron chi connectivity index (χ2n) is 5.78. The van der Waals surface area contributed by atoms with Crippen molar-refractivity contribution < 1.29 is 14.3 Å². The van der Waals surface area contributed by atoms with Gasteiger partial charge in [-0.2, -0.15) is 0 Å². The smallest absolute Gasteiger partial charge is 0.350 e. The third-order valence-electron chi connectivity index (χ3n) is 3.39. The fourth-order valence-corrected chi connectivity index (χ4v) is 2.98. The maximum Gasteiger partial charge on any atom is 0.350 e. The molecule has 0 bridgehead atoms. The van der Waals surface area contributed by atoms with Crippen LogP contribution < -0.4 is 10.3 Å². The minimum Gasteiger partial charge on any atom is -0.476 e. The van der Waals surface area contributed by atoms with Crippen LogP contribution in [0.25, 0.3) is 4.96 Å². The first-order valence-electron chi connectivity index (χ1n) is 7.43. The Morgan fingerprint density at radius 2 is 2.04 bits per heavy atom. The molecule has 0 aliphatic heterocycles. The summed E-state index contributed by atoms with van der Waals surface area (Å²) in [7, 11) is 0. The molecule has 0 saturated carbocycles. The zero-order valence-electron chi connectivity index (χ0n) is 13.6. The SMILES string of the molecule is CC(C)(Oc1ccc(Cl)cc1)C(=O)OCc1cc(=O)n2ccsc2n1. The van der Waals surface area contributed by atoms with Gasteiger partial charge in [0.05, 0.1) is 5.69 Å². The summed E-state index contributed by atoms with van der Waals surface area (Å²) in [6, 6.07) is 8.03. The lowest BCUT2D eigenvalue weighted by Crippen LogP contribution is -2.39. The molecule has 3 aromatic rings. The first-order valence-corrected chi connectivity index (χ1v) is 8.68. The van der Waals surface area contributed by atoms with Crippen LogP contribution >= 0.6 is 22.9 Å². The zero-order chi connectivity index (χ0) is 18.0. The van der Waals surface area contributed by atoms with Gasteiger partial charge in [-0.05, 0) is 38.1 Å². The molecule has 0 aliphatic rings. The van der Waals surface area contributed by atoms with E-state index < -0.39 is 11.6 Å². The molecule has 0 unspecified atom stereocenters. The van der Waals surface area contributed by atoms with Gasteiger partial charge in [0.1, 0.15) is 12.4 Å². The van der Waals surface area contributed by atoms with E-state index in [1.165, 1.54) is 21.8 Å². The van der Waals surface area contributed by atoms with Gasteiger partial charge in [0.2, 0.25) is 0 Å². The summed E-state index contributed by atoms with van der Waals surface area (Å²) in [5.41, 5.74) is -1.02. The standard InChI is InChI=1S/C17H15ClN2O4S/c1-17(2,24-13-5-3-11(18)4-6-13)15(22)23-10-12-9-14(21)20-7-8-25-16(20)19-12/h3-9H,10H2,1-2H3. The van der Waals surface area contributed by atoms with Crippen molar-refractivity contribution in [1.82, 2.24) is 9.38 Å². The molecule has 1 aromatic carbocycles. The highest BCUT2D eigenvalue weighted by Gasteiger charge is 2.32. The molecular formula is C17H15ClN2O4S. The number of thiazole rings is 1. The van der Waals surface area contributed by atoms with Crippen LogP contribution in [-0.4, -0.2) is 21.0 Å². The maximum absolute atomic E-state index is 12.3. The Morgan fingerprint density at radius 3 is 2.76 bits per heavy atom. The summed E-state index contributed by atoms with van der Waals surface area (Å²) in [5, 5.41) is 2.34. The Kier molecular flexibility index (Phi) is 4.78. The van der Waals surface area contributed by atoms with Crippen molar-refractivity contribution in [1.29, 1.82) is 0 Å². The number of nitrogens with zero attached hydrogens (tertiary/aromatic N) is 2. The third-order valence-corrected chi connectivity index (χ3v) is 4.39. The van der Waals surface area contributed by atoms with Gasteiger partial charge in [-0.25, -0.2) is 9.78 Å². The predicted molar refractivity (Wildman–Crippen MR) is 95.3 cm³/mol. The van der Waals surface area contributed by atoms with Crippen molar-refractivity contribution in [2.45, 2.75) is 26.1 Å². The molecule has 0 aliphatic carbocycles. The fraction of sp³-hybridized carbons (Fsp3) is 0.235. The number of esters is 1. The van der Waals surface area contributed by atoms with Crippen LogP contribution in [0.4, 0.5) is 0 Å². The molecule has 3 rings (SSSR count). The van der Waals surface area contributed by atoms with E-state index in [9.17, 15) is 9.59 Å². The lowest BCUT2D eigenvalue weighted by molar-refractivity contribution is -0.160. The molecule has 2 aromatic heterocycles. The van der Waals surface area contributed by atoms with Crippen LogP contribution in [0.2, 0.25) is 5.02 Å². The van der Waals surface area contributed by atoms with Crippen LogP contribution in [-0.2, 0) is 16.1 Å². The van der Waals surface area contributed by atoms with Crippen LogP contribution in [0.3, 0.4) is 0 Å². The second-order valence-corrected chi connectivity index (χ2v) is 7.09. The number of hydrogen-bond donors (Lipinski definition) is 0. The lowest BCUT2D eigenvalue weighted by Gasteiger charge is -2.24. The Morgan fingerprint density at radius 1 is 1.32 bits per heavy atom. The molecule has 0 fully saturated rings. The van der Waals surface area contributed by atoms with Crippen LogP contribution in [0.15, 0.2) is 46.7 Å². The van der Waals surface area contributed by atoms with E-state index in [1.807, 2.05) is 0 Å². The van der Waals surface area contributed by atoms with Crippen LogP contribution in [0, 0.1) is 0 Å². The molecular weight excluding hydrogens is 364 g/mol. The minimum absolute atomic E-state index is 0.101. The average Bonchev–Trinajstić information content (AvgIpc) is 3.03. The van der Waals surface area contributed by atoms with Crippen molar-refractivity contribution in [3.05, 3.63) is 63.0 Å². The first-order chi connectivity index (χ1) is 11.8. The third kappa shape index (κ3) is 4.00. The predicted octanol–water partition coefficient (Wildman–Crippen LogP) is 3.31. The van der Waals surface area contributed by atoms with Gasteiger partial charge in [-0.3, -0.25) is 9.20 Å². The fourth-order valence-electron chi connectivity index (χ4n) is 2.11. The number of halogens is 1. The van der Waals surface area contributed by atoms with E-state index in [4.69, 9.17) is 21.1 Å². The highest BCUT2D eigenvalue weighted by atomic mass is 35.5. The lowest BCUT2D eigenvalue weighted by atomic mass is 10.1. The molecule has 0 saturated heterocycles. The topological polar surface area (TPSA) is 69.9 Å². The second kappa shape index (κ2) is 6.85. The van der Waals surface area contributed by atoms with E-state index in [0.29, 0.717) is 21.4 Å². The van der Waals surface area contributed by atoms with Gasteiger partial charge < -0.3 is 9.47 Å². The van der Waals surface area contributed by atoms with E-state index >= 15 is 0 Å². The minimum atomic E-state index is -1.20. The maximum atomic E-state index is 12.3. The molecule has 0 N–H and O–H groups in total. The highest BCUT2D eigenvalue weighted by molar-refractivity contribution is 7.15. The summed E-state index contributed by atoms with van der Waals surface area (Å²) < 4.78 is 12.4. The Balaban J connectivity index is 1.67. The van der Waals surface area contributed by atoms with Crippen molar-refractivity contribution in [2.24, 2.45) is 0 Å². The summed E-state index contributed by atoms with van der Waals surface area (Å²) in [5.74, 6) is -0.0571. The molecule has 25 heavy (non-hydrogen) atoms. The van der Waals surface area contributed by atoms with Crippen molar-refractivity contribution in [3.8, 4) is 5.75 Å². The van der Waals surface area contributed by atoms with E-state index in [0.717, 1.165) is 0 Å². The van der Waals surface area contributed by atoms with Gasteiger partial charge in [-0.1, -0.05) is 11.6 Å². The largest absolute Gasteiger partial charge is 0.476 e. The van der Waals surface area contributed by atoms with Gasteiger partial charge in [-0.15, -0.1) is 11.3 Å². The van der Waals surface area contributed by atoms with Gasteiger partial charge in [0, 0.05) is 22.7 Å². The summed E-state index contributed by atoms with van der Waals surface area (Å²) in [6.45, 7) is 3.11. The Labute approximate surface area is 152 Å². The monoisotopic (exact) mass is 378 g/mol. The number of carbonyl (C=O) groups excluding carboxylic acids is 1. The van der Waals surface area contributed by atoms with E-state index in [1.54, 1.807) is 49.7 Å². The molecule has 0 amide bonds. The molecule has 0 spiro atoms. The van der Waals surface area contributed by atoms with Gasteiger partial charge >= 0.3 is 5.97 Å². The van der Waals surface area contributed by atoms with Crippen molar-refractivity contribution in [3.63, 3.8) is 0 Å². The van der Waals surface area contributed by atoms with Gasteiger partial charge in [0.25, 0.3) is 5.56 Å². The number of rotatable bonds is 5. The Bertz CT molecular complexity index is 963. The normalized spacial score (nSPS) is 11.5.